The predicted molar refractivity (Wildman–Crippen MR) is 69.1 cm³/mol. The van der Waals surface area contributed by atoms with E-state index in [1.54, 1.807) is 0 Å². The molecule has 1 aliphatic carbocycles. The van der Waals surface area contributed by atoms with Gasteiger partial charge in [-0.25, -0.2) is 8.42 Å². The van der Waals surface area contributed by atoms with E-state index in [0.717, 1.165) is 12.5 Å². The largest absolute Gasteiger partial charge is 0.443 e. The fourth-order valence-corrected chi connectivity index (χ4v) is 3.61. The van der Waals surface area contributed by atoms with Crippen LogP contribution in [0.25, 0.3) is 0 Å². The van der Waals surface area contributed by atoms with Crippen molar-refractivity contribution in [2.24, 2.45) is 5.41 Å². The topological polar surface area (TPSA) is 76.4 Å². The molecule has 0 radical (unpaired) electrons. The quantitative estimate of drug-likeness (QED) is 0.844. The summed E-state index contributed by atoms with van der Waals surface area (Å²) in [6.45, 7) is 4.06. The Kier molecular flexibility index (Phi) is 3.28. The summed E-state index contributed by atoms with van der Waals surface area (Å²) in [7, 11) is 1.27. The third kappa shape index (κ3) is 2.73. The van der Waals surface area contributed by atoms with E-state index in [9.17, 15) is 13.2 Å². The maximum absolute atomic E-state index is 11.8. The van der Waals surface area contributed by atoms with Crippen molar-refractivity contribution >= 4 is 41.6 Å². The number of furan rings is 1. The first-order valence-corrected chi connectivity index (χ1v) is 8.26. The van der Waals surface area contributed by atoms with Crippen molar-refractivity contribution in [2.75, 3.05) is 0 Å². The van der Waals surface area contributed by atoms with E-state index < -0.39 is 15.0 Å². The average molecular weight is 357 g/mol. The van der Waals surface area contributed by atoms with Crippen LogP contribution in [0.15, 0.2) is 20.0 Å². The minimum Gasteiger partial charge on any atom is -0.443 e. The maximum atomic E-state index is 11.8. The number of halogens is 2. The Morgan fingerprint density at radius 2 is 2.17 bits per heavy atom. The standard InChI is InChI=1S/C10H11BrClNO4S/c1-10(2)4-7(10)13-9(14)5-3-6(8(11)17-5)18(12,15)16/h3,7H,4H2,1-2H3,(H,13,14). The zero-order chi connectivity index (χ0) is 13.7. The van der Waals surface area contributed by atoms with Crippen LogP contribution in [0.5, 0.6) is 0 Å². The van der Waals surface area contributed by atoms with Gasteiger partial charge >= 0.3 is 0 Å². The number of hydrogen-bond donors (Lipinski definition) is 1. The lowest BCUT2D eigenvalue weighted by Crippen LogP contribution is -2.27. The third-order valence-corrected chi connectivity index (χ3v) is 5.14. The Morgan fingerprint density at radius 3 is 2.56 bits per heavy atom. The van der Waals surface area contributed by atoms with Crippen LogP contribution < -0.4 is 5.32 Å². The fraction of sp³-hybridized carbons (Fsp3) is 0.500. The first-order chi connectivity index (χ1) is 8.11. The van der Waals surface area contributed by atoms with Crippen LogP contribution in [0.1, 0.15) is 30.8 Å². The first kappa shape index (κ1) is 13.9. The fourth-order valence-electron chi connectivity index (χ4n) is 1.57. The molecule has 2 rings (SSSR count). The second kappa shape index (κ2) is 4.25. The summed E-state index contributed by atoms with van der Waals surface area (Å²) >= 11 is 2.92. The maximum Gasteiger partial charge on any atom is 0.287 e. The molecule has 100 valence electrons. The molecular weight excluding hydrogens is 346 g/mol. The molecule has 8 heteroatoms. The van der Waals surface area contributed by atoms with Gasteiger partial charge in [-0.2, -0.15) is 0 Å². The summed E-state index contributed by atoms with van der Waals surface area (Å²) in [5.74, 6) is -0.526. The highest BCUT2D eigenvalue weighted by molar-refractivity contribution is 9.10. The Bertz CT molecular complexity index is 607. The minimum absolute atomic E-state index is 0.0716. The van der Waals surface area contributed by atoms with Gasteiger partial charge in [-0.15, -0.1) is 0 Å². The highest BCUT2D eigenvalue weighted by Gasteiger charge is 2.47. The second-order valence-corrected chi connectivity index (χ2v) is 8.16. The van der Waals surface area contributed by atoms with E-state index in [1.165, 1.54) is 0 Å². The van der Waals surface area contributed by atoms with E-state index in [4.69, 9.17) is 15.1 Å². The van der Waals surface area contributed by atoms with Crippen molar-refractivity contribution in [3.63, 3.8) is 0 Å². The third-order valence-electron chi connectivity index (χ3n) is 2.96. The summed E-state index contributed by atoms with van der Waals surface area (Å²) in [5, 5.41) is 2.76. The molecule has 1 heterocycles. The molecule has 1 saturated carbocycles. The summed E-state index contributed by atoms with van der Waals surface area (Å²) in [4.78, 5) is 11.6. The lowest BCUT2D eigenvalue weighted by atomic mass is 10.2. The van der Waals surface area contributed by atoms with Crippen LogP contribution in [0, 0.1) is 5.41 Å². The van der Waals surface area contributed by atoms with Crippen LogP contribution in [0.3, 0.4) is 0 Å². The van der Waals surface area contributed by atoms with Crippen LogP contribution in [0.4, 0.5) is 0 Å². The number of carbonyl (C=O) groups excluding carboxylic acids is 1. The van der Waals surface area contributed by atoms with Crippen LogP contribution in [-0.4, -0.2) is 20.4 Å². The van der Waals surface area contributed by atoms with Crippen LogP contribution >= 0.6 is 26.6 Å². The Morgan fingerprint density at radius 1 is 1.61 bits per heavy atom. The van der Waals surface area contributed by atoms with Crippen LogP contribution in [-0.2, 0) is 9.05 Å². The van der Waals surface area contributed by atoms with Gasteiger partial charge in [-0.3, -0.25) is 4.79 Å². The monoisotopic (exact) mass is 355 g/mol. The number of carbonyl (C=O) groups is 1. The second-order valence-electron chi connectivity index (χ2n) is 4.91. The number of amides is 1. The van der Waals surface area contributed by atoms with E-state index in [0.29, 0.717) is 0 Å². The molecule has 1 atom stereocenters. The molecule has 18 heavy (non-hydrogen) atoms. The highest BCUT2D eigenvalue weighted by atomic mass is 79.9. The molecule has 0 saturated heterocycles. The number of rotatable bonds is 3. The van der Waals surface area contributed by atoms with Gasteiger partial charge in [0.15, 0.2) is 10.4 Å². The lowest BCUT2D eigenvalue weighted by Gasteiger charge is -2.04. The van der Waals surface area contributed by atoms with Crippen molar-refractivity contribution in [3.05, 3.63) is 16.5 Å². The van der Waals surface area contributed by atoms with Gasteiger partial charge in [-0.05, 0) is 27.8 Å². The molecule has 5 nitrogen and oxygen atoms in total. The van der Waals surface area contributed by atoms with Gasteiger partial charge < -0.3 is 9.73 Å². The molecule has 0 spiro atoms. The summed E-state index contributed by atoms with van der Waals surface area (Å²) in [6.07, 6.45) is 0.890. The van der Waals surface area contributed by atoms with Gasteiger partial charge in [-0.1, -0.05) is 13.8 Å². The molecule has 0 bridgehead atoms. The van der Waals surface area contributed by atoms with Crippen molar-refractivity contribution in [2.45, 2.75) is 31.2 Å². The zero-order valence-corrected chi connectivity index (χ0v) is 12.8. The number of nitrogens with one attached hydrogen (secondary N) is 1. The van der Waals surface area contributed by atoms with Gasteiger partial charge in [0.05, 0.1) is 0 Å². The molecule has 0 aliphatic heterocycles. The molecule has 1 aromatic rings. The summed E-state index contributed by atoms with van der Waals surface area (Å²) in [6, 6.07) is 1.20. The van der Waals surface area contributed by atoms with E-state index in [2.05, 4.69) is 21.2 Å². The molecule has 1 amide bonds. The van der Waals surface area contributed by atoms with E-state index in [-0.39, 0.29) is 26.8 Å². The van der Waals surface area contributed by atoms with Gasteiger partial charge in [0.2, 0.25) is 0 Å². The Balaban J connectivity index is 2.18. The highest BCUT2D eigenvalue weighted by Crippen LogP contribution is 2.44. The summed E-state index contributed by atoms with van der Waals surface area (Å²) in [5.41, 5.74) is 0.0842. The van der Waals surface area contributed by atoms with Crippen molar-refractivity contribution in [3.8, 4) is 0 Å². The van der Waals surface area contributed by atoms with Crippen molar-refractivity contribution in [1.82, 2.24) is 5.32 Å². The molecule has 1 fully saturated rings. The van der Waals surface area contributed by atoms with Gasteiger partial charge in [0.25, 0.3) is 15.0 Å². The Labute approximate surface area is 117 Å². The predicted octanol–water partition coefficient (Wildman–Crippen LogP) is 2.50. The average Bonchev–Trinajstić information content (AvgIpc) is 2.62. The normalized spacial score (nSPS) is 21.7. The van der Waals surface area contributed by atoms with Crippen molar-refractivity contribution < 1.29 is 17.6 Å². The molecule has 1 unspecified atom stereocenters. The summed E-state index contributed by atoms with van der Waals surface area (Å²) < 4.78 is 27.3. The lowest BCUT2D eigenvalue weighted by molar-refractivity contribution is 0.0917. The van der Waals surface area contributed by atoms with Crippen molar-refractivity contribution in [1.29, 1.82) is 0 Å². The smallest absolute Gasteiger partial charge is 0.287 e. The molecule has 1 N–H and O–H groups in total. The minimum atomic E-state index is -3.93. The Hall–Kier alpha value is -0.530. The first-order valence-electron chi connectivity index (χ1n) is 5.16. The number of hydrogen-bond acceptors (Lipinski definition) is 4. The van der Waals surface area contributed by atoms with Gasteiger partial charge in [0.1, 0.15) is 4.90 Å². The molecule has 1 aliphatic rings. The molecular formula is C10H11BrClNO4S. The SMILES string of the molecule is CC1(C)CC1NC(=O)c1cc(S(=O)(=O)Cl)c(Br)o1. The molecule has 1 aromatic heterocycles. The molecule has 0 aromatic carbocycles. The van der Waals surface area contributed by atoms with Gasteiger partial charge in [0, 0.05) is 22.8 Å². The zero-order valence-electron chi connectivity index (χ0n) is 9.66. The van der Waals surface area contributed by atoms with E-state index >= 15 is 0 Å². The van der Waals surface area contributed by atoms with E-state index in [1.807, 2.05) is 13.8 Å². The van der Waals surface area contributed by atoms with Crippen LogP contribution in [0.2, 0.25) is 0 Å².